The smallest absolute Gasteiger partial charge is 0.209 e. The Hall–Kier alpha value is -1.69. The van der Waals surface area contributed by atoms with Gasteiger partial charge < -0.3 is 4.74 Å². The lowest BCUT2D eigenvalue weighted by Crippen LogP contribution is -1.94. The predicted molar refractivity (Wildman–Crippen MR) is 99.0 cm³/mol. The molecule has 0 saturated carbocycles. The van der Waals surface area contributed by atoms with Gasteiger partial charge in [-0.3, -0.25) is 5.10 Å². The molecule has 1 aromatic heterocycles. The van der Waals surface area contributed by atoms with Crippen molar-refractivity contribution in [3.63, 3.8) is 0 Å². The second-order valence-electron chi connectivity index (χ2n) is 4.92. The van der Waals surface area contributed by atoms with Gasteiger partial charge in [0.05, 0.1) is 12.2 Å². The number of hydrogen-bond donors (Lipinski definition) is 1. The number of aromatic amines is 1. The van der Waals surface area contributed by atoms with Crippen LogP contribution in [0.15, 0.2) is 47.6 Å². The fourth-order valence-corrected chi connectivity index (χ4v) is 3.51. The maximum absolute atomic E-state index is 6.19. The zero-order valence-electron chi connectivity index (χ0n) is 12.9. The number of nitrogens with one attached hydrogen (secondary N) is 1. The normalized spacial score (nSPS) is 10.8. The number of benzene rings is 2. The minimum absolute atomic E-state index is 0.599. The van der Waals surface area contributed by atoms with E-state index in [0.717, 1.165) is 16.9 Å². The van der Waals surface area contributed by atoms with Gasteiger partial charge in [0.2, 0.25) is 5.16 Å². The first kappa shape index (κ1) is 17.1. The highest BCUT2D eigenvalue weighted by Gasteiger charge is 2.12. The molecule has 0 aliphatic rings. The second kappa shape index (κ2) is 7.92. The van der Waals surface area contributed by atoms with Gasteiger partial charge in [0.15, 0.2) is 5.82 Å². The Labute approximate surface area is 154 Å². The molecule has 2 aromatic carbocycles. The highest BCUT2D eigenvalue weighted by molar-refractivity contribution is 7.98. The van der Waals surface area contributed by atoms with Crippen LogP contribution in [0.1, 0.15) is 12.5 Å². The van der Waals surface area contributed by atoms with Gasteiger partial charge in [0.1, 0.15) is 5.75 Å². The molecule has 7 heteroatoms. The second-order valence-corrected chi connectivity index (χ2v) is 6.71. The zero-order valence-corrected chi connectivity index (χ0v) is 15.3. The topological polar surface area (TPSA) is 50.8 Å². The summed E-state index contributed by atoms with van der Waals surface area (Å²) in [5.74, 6) is 2.14. The van der Waals surface area contributed by atoms with Gasteiger partial charge in [0, 0.05) is 15.8 Å². The van der Waals surface area contributed by atoms with Crippen molar-refractivity contribution in [3.05, 3.63) is 58.1 Å². The van der Waals surface area contributed by atoms with Crippen molar-refractivity contribution in [2.45, 2.75) is 17.8 Å². The fraction of sp³-hybridized carbons (Fsp3) is 0.176. The lowest BCUT2D eigenvalue weighted by molar-refractivity contribution is 0.341. The summed E-state index contributed by atoms with van der Waals surface area (Å²) in [6.07, 6.45) is 0. The van der Waals surface area contributed by atoms with Crippen molar-refractivity contribution in [1.29, 1.82) is 0 Å². The fourth-order valence-electron chi connectivity index (χ4n) is 2.16. The number of H-pyrrole nitrogens is 1. The van der Waals surface area contributed by atoms with Gasteiger partial charge in [-0.05, 0) is 36.8 Å². The molecule has 0 bridgehead atoms. The van der Waals surface area contributed by atoms with Crippen LogP contribution in [0.25, 0.3) is 11.4 Å². The van der Waals surface area contributed by atoms with E-state index in [4.69, 9.17) is 27.9 Å². The van der Waals surface area contributed by atoms with E-state index < -0.39 is 0 Å². The van der Waals surface area contributed by atoms with Crippen LogP contribution >= 0.6 is 35.0 Å². The lowest BCUT2D eigenvalue weighted by Gasteiger charge is -2.06. The Morgan fingerprint density at radius 1 is 1.17 bits per heavy atom. The molecule has 0 atom stereocenters. The molecular formula is C17H15Cl2N3OS. The standard InChI is InChI=1S/C17H15Cl2N3OS/c1-2-23-15-6-4-3-5-13(15)16-20-17(22-21-16)24-10-11-7-8-12(18)9-14(11)19/h3-9H,2,10H2,1H3,(H,20,21,22). The van der Waals surface area contributed by atoms with Gasteiger partial charge in [-0.15, -0.1) is 5.10 Å². The molecule has 1 N–H and O–H groups in total. The first-order valence-electron chi connectivity index (χ1n) is 7.38. The number of para-hydroxylation sites is 1. The first-order valence-corrected chi connectivity index (χ1v) is 9.13. The lowest BCUT2D eigenvalue weighted by atomic mass is 10.2. The van der Waals surface area contributed by atoms with Crippen LogP contribution in [0.5, 0.6) is 5.75 Å². The van der Waals surface area contributed by atoms with Crippen LogP contribution in [0.4, 0.5) is 0 Å². The molecule has 0 spiro atoms. The first-order chi connectivity index (χ1) is 11.7. The average Bonchev–Trinajstić information content (AvgIpc) is 3.04. The maximum atomic E-state index is 6.19. The number of halogens is 2. The van der Waals surface area contributed by atoms with Crippen molar-refractivity contribution in [2.75, 3.05) is 6.61 Å². The average molecular weight is 380 g/mol. The molecular weight excluding hydrogens is 365 g/mol. The van der Waals surface area contributed by atoms with Crippen LogP contribution in [0, 0.1) is 0 Å². The van der Waals surface area contributed by atoms with Crippen LogP contribution in [-0.4, -0.2) is 21.8 Å². The van der Waals surface area contributed by atoms with Gasteiger partial charge in [-0.25, -0.2) is 4.98 Å². The van der Waals surface area contributed by atoms with Gasteiger partial charge in [-0.1, -0.05) is 53.2 Å². The molecule has 0 radical (unpaired) electrons. The Bertz CT molecular complexity index is 838. The van der Waals surface area contributed by atoms with E-state index in [2.05, 4.69) is 15.2 Å². The molecule has 124 valence electrons. The Morgan fingerprint density at radius 3 is 2.79 bits per heavy atom. The van der Waals surface area contributed by atoms with Crippen molar-refractivity contribution >= 4 is 35.0 Å². The number of aromatic nitrogens is 3. The monoisotopic (exact) mass is 379 g/mol. The molecule has 0 fully saturated rings. The van der Waals surface area contributed by atoms with E-state index in [1.807, 2.05) is 43.3 Å². The number of ether oxygens (including phenoxy) is 1. The molecule has 1 heterocycles. The van der Waals surface area contributed by atoms with Crippen molar-refractivity contribution < 1.29 is 4.74 Å². The Balaban J connectivity index is 1.74. The van der Waals surface area contributed by atoms with E-state index >= 15 is 0 Å². The van der Waals surface area contributed by atoms with Gasteiger partial charge in [0.25, 0.3) is 0 Å². The van der Waals surface area contributed by atoms with E-state index in [-0.39, 0.29) is 0 Å². The van der Waals surface area contributed by atoms with Gasteiger partial charge >= 0.3 is 0 Å². The zero-order chi connectivity index (χ0) is 16.9. The highest BCUT2D eigenvalue weighted by Crippen LogP contribution is 2.30. The molecule has 0 unspecified atom stereocenters. The summed E-state index contributed by atoms with van der Waals surface area (Å²) in [6.45, 7) is 2.55. The Kier molecular flexibility index (Phi) is 5.66. The SMILES string of the molecule is CCOc1ccccc1-c1nc(SCc2ccc(Cl)cc2Cl)n[nH]1. The van der Waals surface area contributed by atoms with Crippen LogP contribution in [0.3, 0.4) is 0 Å². The summed E-state index contributed by atoms with van der Waals surface area (Å²) in [5, 5.41) is 9.15. The van der Waals surface area contributed by atoms with Crippen molar-refractivity contribution in [1.82, 2.24) is 15.2 Å². The quantitative estimate of drug-likeness (QED) is 0.576. The highest BCUT2D eigenvalue weighted by atomic mass is 35.5. The van der Waals surface area contributed by atoms with Crippen molar-refractivity contribution in [3.8, 4) is 17.1 Å². The molecule has 3 aromatic rings. The predicted octanol–water partition coefficient (Wildman–Crippen LogP) is 5.47. The molecule has 3 rings (SSSR count). The minimum atomic E-state index is 0.599. The molecule has 0 aliphatic carbocycles. The molecule has 24 heavy (non-hydrogen) atoms. The van der Waals surface area contributed by atoms with E-state index in [9.17, 15) is 0 Å². The third-order valence-corrected chi connectivity index (χ3v) is 4.76. The van der Waals surface area contributed by atoms with Gasteiger partial charge in [-0.2, -0.15) is 0 Å². The minimum Gasteiger partial charge on any atom is -0.493 e. The molecule has 4 nitrogen and oxygen atoms in total. The largest absolute Gasteiger partial charge is 0.493 e. The molecule has 0 aliphatic heterocycles. The number of thioether (sulfide) groups is 1. The maximum Gasteiger partial charge on any atom is 0.209 e. The summed E-state index contributed by atoms with van der Waals surface area (Å²) in [6, 6.07) is 13.2. The van der Waals surface area contributed by atoms with Crippen LogP contribution in [-0.2, 0) is 5.75 Å². The molecule has 0 saturated heterocycles. The third kappa shape index (κ3) is 4.04. The molecule has 0 amide bonds. The number of hydrogen-bond acceptors (Lipinski definition) is 4. The third-order valence-electron chi connectivity index (χ3n) is 3.28. The summed E-state index contributed by atoms with van der Waals surface area (Å²) in [4.78, 5) is 4.53. The van der Waals surface area contributed by atoms with Crippen LogP contribution in [0.2, 0.25) is 10.0 Å². The summed E-state index contributed by atoms with van der Waals surface area (Å²) >= 11 is 13.6. The van der Waals surface area contributed by atoms with E-state index in [0.29, 0.717) is 33.4 Å². The van der Waals surface area contributed by atoms with Crippen LogP contribution < -0.4 is 4.74 Å². The Morgan fingerprint density at radius 2 is 2.00 bits per heavy atom. The number of rotatable bonds is 6. The summed E-state index contributed by atoms with van der Waals surface area (Å²) in [7, 11) is 0. The van der Waals surface area contributed by atoms with E-state index in [1.165, 1.54) is 11.8 Å². The summed E-state index contributed by atoms with van der Waals surface area (Å²) < 4.78 is 5.63. The van der Waals surface area contributed by atoms with Crippen molar-refractivity contribution in [2.24, 2.45) is 0 Å². The van der Waals surface area contributed by atoms with E-state index in [1.54, 1.807) is 6.07 Å². The summed E-state index contributed by atoms with van der Waals surface area (Å²) in [5.41, 5.74) is 1.88. The number of nitrogens with zero attached hydrogens (tertiary/aromatic N) is 2.